The summed E-state index contributed by atoms with van der Waals surface area (Å²) in [6.07, 6.45) is -0.150. The van der Waals surface area contributed by atoms with Gasteiger partial charge in [-0.15, -0.1) is 0 Å². The molecule has 1 aromatic carbocycles. The fourth-order valence-corrected chi connectivity index (χ4v) is 2.01. The van der Waals surface area contributed by atoms with Crippen LogP contribution < -0.4 is 10.7 Å². The molecule has 1 aliphatic rings. The summed E-state index contributed by atoms with van der Waals surface area (Å²) in [4.78, 5) is 34.8. The molecule has 1 aliphatic heterocycles. The van der Waals surface area contributed by atoms with E-state index in [9.17, 15) is 14.4 Å². The van der Waals surface area contributed by atoms with Crippen LogP contribution in [0, 0.1) is 5.92 Å². The van der Waals surface area contributed by atoms with Crippen molar-refractivity contribution in [1.82, 2.24) is 15.8 Å². The third kappa shape index (κ3) is 3.27. The van der Waals surface area contributed by atoms with Crippen molar-refractivity contribution in [3.8, 4) is 0 Å². The highest BCUT2D eigenvalue weighted by Gasteiger charge is 2.38. The van der Waals surface area contributed by atoms with Crippen LogP contribution in [-0.4, -0.2) is 29.8 Å². The molecule has 7 heteroatoms. The number of halogens is 1. The van der Waals surface area contributed by atoms with Gasteiger partial charge in [0.2, 0.25) is 5.91 Å². The van der Waals surface area contributed by atoms with Crippen molar-refractivity contribution < 1.29 is 14.4 Å². The topological polar surface area (TPSA) is 78.5 Å². The van der Waals surface area contributed by atoms with Gasteiger partial charge in [-0.05, 0) is 17.7 Å². The molecule has 20 heavy (non-hydrogen) atoms. The van der Waals surface area contributed by atoms with Gasteiger partial charge in [0, 0.05) is 25.0 Å². The van der Waals surface area contributed by atoms with Gasteiger partial charge in [0.25, 0.3) is 11.8 Å². The molecule has 0 bridgehead atoms. The Morgan fingerprint density at radius 1 is 1.35 bits per heavy atom. The summed E-state index contributed by atoms with van der Waals surface area (Å²) in [7, 11) is 1.45. The Balaban J connectivity index is 1.85. The minimum Gasteiger partial charge on any atom is -0.352 e. The van der Waals surface area contributed by atoms with Crippen LogP contribution in [0.5, 0.6) is 0 Å². The second kappa shape index (κ2) is 5.92. The molecule has 1 atom stereocenters. The molecule has 0 aromatic heterocycles. The quantitative estimate of drug-likeness (QED) is 0.793. The highest BCUT2D eigenvalue weighted by Crippen LogP contribution is 2.13. The lowest BCUT2D eigenvalue weighted by Gasteiger charge is -2.08. The zero-order valence-corrected chi connectivity index (χ0v) is 11.6. The van der Waals surface area contributed by atoms with Gasteiger partial charge in [0.15, 0.2) is 0 Å². The van der Waals surface area contributed by atoms with Crippen molar-refractivity contribution in [2.24, 2.45) is 5.92 Å². The van der Waals surface area contributed by atoms with Gasteiger partial charge < -0.3 is 5.32 Å². The molecule has 1 saturated heterocycles. The highest BCUT2D eigenvalue weighted by molar-refractivity contribution is 6.30. The Hall–Kier alpha value is -2.08. The van der Waals surface area contributed by atoms with E-state index in [1.165, 1.54) is 7.05 Å². The Bertz CT molecular complexity index is 544. The van der Waals surface area contributed by atoms with Gasteiger partial charge >= 0.3 is 0 Å². The number of hydrogen-bond acceptors (Lipinski definition) is 3. The van der Waals surface area contributed by atoms with E-state index < -0.39 is 17.7 Å². The number of rotatable bonds is 4. The van der Waals surface area contributed by atoms with Gasteiger partial charge in [-0.3, -0.25) is 24.8 Å². The van der Waals surface area contributed by atoms with Crippen LogP contribution in [0.25, 0.3) is 0 Å². The first-order valence-electron chi connectivity index (χ1n) is 6.06. The summed E-state index contributed by atoms with van der Waals surface area (Å²) in [5.74, 6) is -2.12. The zero-order chi connectivity index (χ0) is 14.7. The molecular formula is C13H14ClN3O3. The fourth-order valence-electron chi connectivity index (χ4n) is 1.88. The van der Waals surface area contributed by atoms with E-state index in [-0.39, 0.29) is 12.3 Å². The molecule has 0 radical (unpaired) electrons. The summed E-state index contributed by atoms with van der Waals surface area (Å²) < 4.78 is 0. The molecule has 1 unspecified atom stereocenters. The van der Waals surface area contributed by atoms with E-state index in [1.807, 2.05) is 0 Å². The molecule has 0 spiro atoms. The molecule has 1 heterocycles. The average Bonchev–Trinajstić information content (AvgIpc) is 2.65. The van der Waals surface area contributed by atoms with Gasteiger partial charge in [-0.2, -0.15) is 0 Å². The second-order valence-electron chi connectivity index (χ2n) is 4.53. The minimum absolute atomic E-state index is 0.150. The van der Waals surface area contributed by atoms with Crippen molar-refractivity contribution in [2.45, 2.75) is 13.0 Å². The summed E-state index contributed by atoms with van der Waals surface area (Å²) in [6, 6.07) is 7.05. The molecule has 6 nitrogen and oxygen atoms in total. The van der Waals surface area contributed by atoms with Crippen molar-refractivity contribution in [2.75, 3.05) is 7.05 Å². The average molecular weight is 296 g/mol. The van der Waals surface area contributed by atoms with Crippen LogP contribution in [0.3, 0.4) is 0 Å². The van der Waals surface area contributed by atoms with Crippen molar-refractivity contribution in [3.63, 3.8) is 0 Å². The molecule has 3 amide bonds. The predicted octanol–water partition coefficient (Wildman–Crippen LogP) is 0.466. The fraction of sp³-hybridized carbons (Fsp3) is 0.308. The van der Waals surface area contributed by atoms with E-state index in [2.05, 4.69) is 10.7 Å². The Morgan fingerprint density at radius 2 is 2.00 bits per heavy atom. The smallest absolute Gasteiger partial charge is 0.253 e. The third-order valence-electron chi connectivity index (χ3n) is 3.02. The highest BCUT2D eigenvalue weighted by atomic mass is 35.5. The number of carbonyl (C=O) groups is 3. The van der Waals surface area contributed by atoms with E-state index in [1.54, 1.807) is 24.3 Å². The number of nitrogens with zero attached hydrogens (tertiary/aromatic N) is 1. The maximum Gasteiger partial charge on any atom is 0.253 e. The number of hydrazine groups is 1. The van der Waals surface area contributed by atoms with Crippen LogP contribution in [0.2, 0.25) is 5.02 Å². The molecule has 0 saturated carbocycles. The zero-order valence-electron chi connectivity index (χ0n) is 10.9. The lowest BCUT2D eigenvalue weighted by Crippen LogP contribution is -2.31. The molecule has 1 fully saturated rings. The van der Waals surface area contributed by atoms with Crippen LogP contribution in [0.4, 0.5) is 0 Å². The van der Waals surface area contributed by atoms with Crippen LogP contribution in [0.1, 0.15) is 12.0 Å². The lowest BCUT2D eigenvalue weighted by molar-refractivity contribution is -0.135. The van der Waals surface area contributed by atoms with Crippen LogP contribution in [-0.2, 0) is 20.9 Å². The second-order valence-corrected chi connectivity index (χ2v) is 4.97. The molecule has 2 rings (SSSR count). The first-order chi connectivity index (χ1) is 9.47. The van der Waals surface area contributed by atoms with E-state index >= 15 is 0 Å². The molecule has 106 valence electrons. The van der Waals surface area contributed by atoms with Gasteiger partial charge in [-0.25, -0.2) is 0 Å². The SMILES string of the molecule is CN1NC(=O)C(CC(=O)NCc2ccc(Cl)cc2)C1=O. The third-order valence-corrected chi connectivity index (χ3v) is 3.27. The maximum absolute atomic E-state index is 11.7. The molecule has 0 aliphatic carbocycles. The standard InChI is InChI=1S/C13H14ClN3O3/c1-17-13(20)10(12(19)16-17)6-11(18)15-7-8-2-4-9(14)5-3-8/h2-5,10H,6-7H2,1H3,(H,15,18)(H,16,19). The Labute approximate surface area is 121 Å². The van der Waals surface area contributed by atoms with Crippen LogP contribution in [0.15, 0.2) is 24.3 Å². The summed E-state index contributed by atoms with van der Waals surface area (Å²) in [5.41, 5.74) is 3.24. The summed E-state index contributed by atoms with van der Waals surface area (Å²) in [5, 5.41) is 4.39. The lowest BCUT2D eigenvalue weighted by atomic mass is 10.0. The van der Waals surface area contributed by atoms with E-state index in [0.29, 0.717) is 11.6 Å². The van der Waals surface area contributed by atoms with Gasteiger partial charge in [0.05, 0.1) is 0 Å². The monoisotopic (exact) mass is 295 g/mol. The maximum atomic E-state index is 11.7. The Kier molecular flexibility index (Phi) is 4.24. The number of hydrogen-bond donors (Lipinski definition) is 2. The first kappa shape index (κ1) is 14.3. The summed E-state index contributed by atoms with van der Waals surface area (Å²) >= 11 is 5.76. The normalized spacial score (nSPS) is 18.1. The molecule has 1 aromatic rings. The predicted molar refractivity (Wildman–Crippen MR) is 72.3 cm³/mol. The van der Waals surface area contributed by atoms with E-state index in [0.717, 1.165) is 10.6 Å². The van der Waals surface area contributed by atoms with Crippen molar-refractivity contribution in [3.05, 3.63) is 34.9 Å². The van der Waals surface area contributed by atoms with E-state index in [4.69, 9.17) is 11.6 Å². The van der Waals surface area contributed by atoms with Gasteiger partial charge in [0.1, 0.15) is 5.92 Å². The van der Waals surface area contributed by atoms with Gasteiger partial charge in [-0.1, -0.05) is 23.7 Å². The number of nitrogens with one attached hydrogen (secondary N) is 2. The molecular weight excluding hydrogens is 282 g/mol. The number of carbonyl (C=O) groups excluding carboxylic acids is 3. The van der Waals surface area contributed by atoms with Crippen LogP contribution >= 0.6 is 11.6 Å². The Morgan fingerprint density at radius 3 is 2.55 bits per heavy atom. The van der Waals surface area contributed by atoms with Crippen molar-refractivity contribution >= 4 is 29.3 Å². The summed E-state index contributed by atoms with van der Waals surface area (Å²) in [6.45, 7) is 0.328. The van der Waals surface area contributed by atoms with Crippen molar-refractivity contribution in [1.29, 1.82) is 0 Å². The number of amides is 3. The minimum atomic E-state index is -0.940. The number of benzene rings is 1. The first-order valence-corrected chi connectivity index (χ1v) is 6.44. The molecule has 2 N–H and O–H groups in total. The largest absolute Gasteiger partial charge is 0.352 e.